The van der Waals surface area contributed by atoms with Crippen molar-refractivity contribution in [2.45, 2.75) is 51.4 Å². The third-order valence-electron chi connectivity index (χ3n) is 6.61. The SMILES string of the molecule is CCC1(c2cccc(Oc3cc(Cc4ncc(C)[nH]4)ccc3C#N)c2)CCCCN(C)C1=O. The minimum absolute atomic E-state index is 0.174. The molecule has 6 heteroatoms. The molecule has 0 radical (unpaired) electrons. The lowest BCUT2D eigenvalue weighted by Crippen LogP contribution is -2.43. The van der Waals surface area contributed by atoms with Gasteiger partial charge in [0.1, 0.15) is 23.4 Å². The number of likely N-dealkylation sites (tertiary alicyclic amines) is 1. The minimum Gasteiger partial charge on any atom is -0.456 e. The number of nitrogens with one attached hydrogen (secondary N) is 1. The Morgan fingerprint density at radius 2 is 2.09 bits per heavy atom. The van der Waals surface area contributed by atoms with Crippen LogP contribution in [0.3, 0.4) is 0 Å². The van der Waals surface area contributed by atoms with E-state index in [1.807, 2.05) is 55.3 Å². The number of ether oxygens (including phenoxy) is 1. The molecule has 0 aliphatic carbocycles. The Bertz CT molecular complexity index is 1190. The average Bonchev–Trinajstić information content (AvgIpc) is 3.17. The molecular formula is C27H30N4O2. The number of hydrogen-bond acceptors (Lipinski definition) is 4. The Balaban J connectivity index is 1.65. The fourth-order valence-corrected chi connectivity index (χ4v) is 4.74. The summed E-state index contributed by atoms with van der Waals surface area (Å²) in [5.41, 5.74) is 2.91. The van der Waals surface area contributed by atoms with Gasteiger partial charge in [-0.2, -0.15) is 5.26 Å². The first-order chi connectivity index (χ1) is 15.9. The van der Waals surface area contributed by atoms with Crippen molar-refractivity contribution in [3.63, 3.8) is 0 Å². The number of aryl methyl sites for hydroxylation is 1. The summed E-state index contributed by atoms with van der Waals surface area (Å²) >= 11 is 0. The molecule has 6 nitrogen and oxygen atoms in total. The molecule has 1 fully saturated rings. The van der Waals surface area contributed by atoms with Crippen molar-refractivity contribution in [2.24, 2.45) is 0 Å². The van der Waals surface area contributed by atoms with Gasteiger partial charge in [-0.05, 0) is 61.6 Å². The largest absolute Gasteiger partial charge is 0.456 e. The molecule has 1 N–H and O–H groups in total. The Morgan fingerprint density at radius 1 is 1.24 bits per heavy atom. The predicted molar refractivity (Wildman–Crippen MR) is 127 cm³/mol. The number of carbonyl (C=O) groups is 1. The normalized spacial score (nSPS) is 18.6. The predicted octanol–water partition coefficient (Wildman–Crippen LogP) is 5.26. The zero-order valence-electron chi connectivity index (χ0n) is 19.5. The maximum atomic E-state index is 13.3. The molecule has 1 amide bonds. The lowest BCUT2D eigenvalue weighted by Gasteiger charge is -2.33. The van der Waals surface area contributed by atoms with Crippen molar-refractivity contribution in [1.82, 2.24) is 14.9 Å². The topological polar surface area (TPSA) is 82.0 Å². The van der Waals surface area contributed by atoms with Crippen LogP contribution < -0.4 is 4.74 Å². The first kappa shape index (κ1) is 22.6. The summed E-state index contributed by atoms with van der Waals surface area (Å²) in [6, 6.07) is 15.6. The van der Waals surface area contributed by atoms with E-state index in [0.29, 0.717) is 23.5 Å². The van der Waals surface area contributed by atoms with Crippen LogP contribution >= 0.6 is 0 Å². The molecule has 2 heterocycles. The number of rotatable bonds is 6. The molecule has 1 saturated heterocycles. The van der Waals surface area contributed by atoms with Crippen molar-refractivity contribution in [3.05, 3.63) is 76.9 Å². The van der Waals surface area contributed by atoms with E-state index in [4.69, 9.17) is 4.74 Å². The number of benzene rings is 2. The summed E-state index contributed by atoms with van der Waals surface area (Å²) in [7, 11) is 1.89. The molecule has 170 valence electrons. The summed E-state index contributed by atoms with van der Waals surface area (Å²) < 4.78 is 6.22. The van der Waals surface area contributed by atoms with Crippen LogP contribution in [-0.4, -0.2) is 34.4 Å². The van der Waals surface area contributed by atoms with E-state index in [1.165, 1.54) is 0 Å². The number of imidazole rings is 1. The summed E-state index contributed by atoms with van der Waals surface area (Å²) in [4.78, 5) is 22.8. The fraction of sp³-hybridized carbons (Fsp3) is 0.370. The van der Waals surface area contributed by atoms with Crippen molar-refractivity contribution >= 4 is 5.91 Å². The van der Waals surface area contributed by atoms with E-state index in [2.05, 4.69) is 23.0 Å². The Morgan fingerprint density at radius 3 is 2.82 bits per heavy atom. The third-order valence-corrected chi connectivity index (χ3v) is 6.61. The van der Waals surface area contributed by atoms with Crippen LogP contribution in [0.4, 0.5) is 0 Å². The van der Waals surface area contributed by atoms with E-state index in [0.717, 1.165) is 54.9 Å². The van der Waals surface area contributed by atoms with Gasteiger partial charge in [-0.25, -0.2) is 4.98 Å². The molecule has 1 aliphatic heterocycles. The Kier molecular flexibility index (Phi) is 6.50. The van der Waals surface area contributed by atoms with Crippen LogP contribution in [0.5, 0.6) is 11.5 Å². The van der Waals surface area contributed by atoms with Crippen LogP contribution in [0, 0.1) is 18.3 Å². The second kappa shape index (κ2) is 9.50. The Labute approximate surface area is 195 Å². The first-order valence-corrected chi connectivity index (χ1v) is 11.5. The van der Waals surface area contributed by atoms with Gasteiger partial charge in [0.25, 0.3) is 0 Å². The summed E-state index contributed by atoms with van der Waals surface area (Å²) in [6.07, 6.45) is 6.03. The average molecular weight is 443 g/mol. The lowest BCUT2D eigenvalue weighted by atomic mass is 9.73. The van der Waals surface area contributed by atoms with Crippen molar-refractivity contribution in [2.75, 3.05) is 13.6 Å². The highest BCUT2D eigenvalue weighted by atomic mass is 16.5. The maximum absolute atomic E-state index is 13.3. The highest BCUT2D eigenvalue weighted by molar-refractivity contribution is 5.88. The van der Waals surface area contributed by atoms with Crippen molar-refractivity contribution in [3.8, 4) is 17.6 Å². The molecule has 1 atom stereocenters. The van der Waals surface area contributed by atoms with Gasteiger partial charge in [0.15, 0.2) is 0 Å². The van der Waals surface area contributed by atoms with Gasteiger partial charge >= 0.3 is 0 Å². The number of amides is 1. The second-order valence-corrected chi connectivity index (χ2v) is 8.88. The van der Waals surface area contributed by atoms with Crippen LogP contribution in [0.2, 0.25) is 0 Å². The smallest absolute Gasteiger partial charge is 0.232 e. The zero-order valence-corrected chi connectivity index (χ0v) is 19.5. The first-order valence-electron chi connectivity index (χ1n) is 11.5. The number of H-pyrrole nitrogens is 1. The van der Waals surface area contributed by atoms with Crippen LogP contribution in [0.25, 0.3) is 0 Å². The van der Waals surface area contributed by atoms with Crippen molar-refractivity contribution < 1.29 is 9.53 Å². The molecule has 2 aromatic carbocycles. The maximum Gasteiger partial charge on any atom is 0.232 e. The van der Waals surface area contributed by atoms with E-state index < -0.39 is 5.41 Å². The number of hydrogen-bond donors (Lipinski definition) is 1. The molecule has 4 rings (SSSR count). The van der Waals surface area contributed by atoms with Gasteiger partial charge < -0.3 is 14.6 Å². The molecular weight excluding hydrogens is 412 g/mol. The standard InChI is InChI=1S/C27H30N4O2/c1-4-27(12-5-6-13-31(3)26(27)32)22-8-7-9-23(16-22)33-24-14-20(10-11-21(24)17-28)15-25-29-18-19(2)30-25/h7-11,14,16,18H,4-6,12-13,15H2,1-3H3,(H,29,30). The number of aromatic nitrogens is 2. The van der Waals surface area contributed by atoms with Gasteiger partial charge in [0.2, 0.25) is 5.91 Å². The van der Waals surface area contributed by atoms with Crippen LogP contribution in [-0.2, 0) is 16.6 Å². The van der Waals surface area contributed by atoms with Gasteiger partial charge in [-0.15, -0.1) is 0 Å². The summed E-state index contributed by atoms with van der Waals surface area (Å²) in [5.74, 6) is 2.17. The lowest BCUT2D eigenvalue weighted by molar-refractivity contribution is -0.135. The molecule has 1 aliphatic rings. The van der Waals surface area contributed by atoms with Crippen LogP contribution in [0.15, 0.2) is 48.7 Å². The highest BCUT2D eigenvalue weighted by Crippen LogP contribution is 2.39. The number of carbonyl (C=O) groups excluding carboxylic acids is 1. The third kappa shape index (κ3) is 4.63. The fourth-order valence-electron chi connectivity index (χ4n) is 4.74. The second-order valence-electron chi connectivity index (χ2n) is 8.88. The van der Waals surface area contributed by atoms with E-state index >= 15 is 0 Å². The molecule has 0 saturated carbocycles. The minimum atomic E-state index is -0.540. The number of aromatic amines is 1. The van der Waals surface area contributed by atoms with Crippen LogP contribution in [0.1, 0.15) is 60.8 Å². The molecule has 0 spiro atoms. The van der Waals surface area contributed by atoms with Gasteiger partial charge in [-0.1, -0.05) is 31.5 Å². The van der Waals surface area contributed by atoms with Gasteiger partial charge in [0, 0.05) is 31.9 Å². The van der Waals surface area contributed by atoms with E-state index in [1.54, 1.807) is 12.3 Å². The Hall–Kier alpha value is -3.59. The van der Waals surface area contributed by atoms with Crippen molar-refractivity contribution in [1.29, 1.82) is 5.26 Å². The molecule has 33 heavy (non-hydrogen) atoms. The summed E-state index contributed by atoms with van der Waals surface area (Å²) in [5, 5.41) is 9.61. The van der Waals surface area contributed by atoms with E-state index in [-0.39, 0.29) is 5.91 Å². The molecule has 0 bridgehead atoms. The monoisotopic (exact) mass is 442 g/mol. The molecule has 1 unspecified atom stereocenters. The zero-order chi connectivity index (χ0) is 23.4. The van der Waals surface area contributed by atoms with E-state index in [9.17, 15) is 10.1 Å². The quantitative estimate of drug-likeness (QED) is 0.564. The van der Waals surface area contributed by atoms with Gasteiger partial charge in [0.05, 0.1) is 11.0 Å². The number of likely N-dealkylation sites (N-methyl/N-ethyl adjacent to an activating group) is 1. The highest BCUT2D eigenvalue weighted by Gasteiger charge is 2.41. The summed E-state index contributed by atoms with van der Waals surface area (Å²) in [6.45, 7) is 4.85. The molecule has 3 aromatic rings. The number of nitrogens with zero attached hydrogens (tertiary/aromatic N) is 3. The molecule has 1 aromatic heterocycles. The number of nitriles is 1. The van der Waals surface area contributed by atoms with Gasteiger partial charge in [-0.3, -0.25) is 4.79 Å².